The molecule has 0 radical (unpaired) electrons. The highest BCUT2D eigenvalue weighted by molar-refractivity contribution is 5.83. The number of amides is 1. The molecule has 5 heteroatoms. The number of carbonyl (C=O) groups excluding carboxylic acids is 1. The van der Waals surface area contributed by atoms with E-state index in [1.165, 1.54) is 11.3 Å². The Labute approximate surface area is 173 Å². The van der Waals surface area contributed by atoms with Gasteiger partial charge in [-0.05, 0) is 35.6 Å². The predicted octanol–water partition coefficient (Wildman–Crippen LogP) is 4.21. The van der Waals surface area contributed by atoms with Crippen LogP contribution in [-0.2, 0) is 11.3 Å². The fraction of sp³-hybridized carbons (Fsp3) is 0.375. The van der Waals surface area contributed by atoms with Crippen LogP contribution in [0, 0.1) is 0 Å². The molecule has 1 amide bonds. The number of nitrogens with one attached hydrogen (secondary N) is 1. The van der Waals surface area contributed by atoms with Crippen LogP contribution in [0.3, 0.4) is 0 Å². The lowest BCUT2D eigenvalue weighted by molar-refractivity contribution is 0.113. The van der Waals surface area contributed by atoms with Crippen molar-refractivity contribution >= 4 is 17.5 Å². The summed E-state index contributed by atoms with van der Waals surface area (Å²) >= 11 is 0. The Balaban J connectivity index is 1.54. The van der Waals surface area contributed by atoms with Gasteiger partial charge in [0.15, 0.2) is 0 Å². The van der Waals surface area contributed by atoms with Crippen molar-refractivity contribution in [1.29, 1.82) is 0 Å². The fourth-order valence-corrected chi connectivity index (χ4v) is 4.10. The van der Waals surface area contributed by atoms with E-state index in [-0.39, 0.29) is 12.7 Å². The van der Waals surface area contributed by atoms with Crippen LogP contribution in [0.5, 0.6) is 0 Å². The summed E-state index contributed by atoms with van der Waals surface area (Å²) in [6.45, 7) is 11.4. The van der Waals surface area contributed by atoms with Crippen LogP contribution in [0.2, 0.25) is 0 Å². The van der Waals surface area contributed by atoms with Crippen molar-refractivity contribution in [2.75, 3.05) is 37.6 Å². The van der Waals surface area contributed by atoms with E-state index in [9.17, 15) is 4.79 Å². The Morgan fingerprint density at radius 2 is 1.90 bits per heavy atom. The molecule has 2 heterocycles. The van der Waals surface area contributed by atoms with Crippen LogP contribution in [-0.4, -0.2) is 43.7 Å². The van der Waals surface area contributed by atoms with Gasteiger partial charge in [0.2, 0.25) is 0 Å². The first kappa shape index (κ1) is 19.5. The minimum absolute atomic E-state index is 0.271. The minimum Gasteiger partial charge on any atom is -0.444 e. The average Bonchev–Trinajstić information content (AvgIpc) is 2.90. The second kappa shape index (κ2) is 8.70. The summed E-state index contributed by atoms with van der Waals surface area (Å²) in [7, 11) is 0. The molecule has 5 nitrogen and oxygen atoms in total. The Morgan fingerprint density at radius 3 is 2.66 bits per heavy atom. The normalized spacial score (nSPS) is 19.5. The van der Waals surface area contributed by atoms with E-state index in [0.717, 1.165) is 49.4 Å². The molecule has 1 atom stereocenters. The highest BCUT2D eigenvalue weighted by Gasteiger charge is 2.28. The molecule has 2 aromatic rings. The summed E-state index contributed by atoms with van der Waals surface area (Å²) in [5, 5.41) is 3.39. The summed E-state index contributed by atoms with van der Waals surface area (Å²) in [5.41, 5.74) is 5.23. The minimum atomic E-state index is -0.327. The third-order valence-corrected chi connectivity index (χ3v) is 5.90. The quantitative estimate of drug-likeness (QED) is 0.851. The molecule has 2 aromatic carbocycles. The molecule has 1 fully saturated rings. The first-order valence-electron chi connectivity index (χ1n) is 10.4. The smallest absolute Gasteiger partial charge is 0.414 e. The van der Waals surface area contributed by atoms with Crippen molar-refractivity contribution in [2.45, 2.75) is 25.9 Å². The lowest BCUT2D eigenvalue weighted by Crippen LogP contribution is -2.43. The molecular weight excluding hydrogens is 362 g/mol. The van der Waals surface area contributed by atoms with E-state index < -0.39 is 0 Å². The Hall–Kier alpha value is -2.79. The first-order chi connectivity index (χ1) is 14.1. The number of rotatable bonds is 3. The number of anilines is 1. The predicted molar refractivity (Wildman–Crippen MR) is 117 cm³/mol. The summed E-state index contributed by atoms with van der Waals surface area (Å²) in [6, 6.07) is 16.4. The van der Waals surface area contributed by atoms with Crippen LogP contribution in [0.25, 0.3) is 5.70 Å². The first-order valence-corrected chi connectivity index (χ1v) is 10.4. The van der Waals surface area contributed by atoms with Crippen LogP contribution in [0.15, 0.2) is 55.1 Å². The number of carbonyl (C=O) groups is 1. The number of benzene rings is 2. The summed E-state index contributed by atoms with van der Waals surface area (Å²) in [6.07, 6.45) is 0.561. The van der Waals surface area contributed by atoms with Gasteiger partial charge in [0, 0.05) is 49.7 Å². The van der Waals surface area contributed by atoms with E-state index in [1.54, 1.807) is 4.90 Å². The highest BCUT2D eigenvalue weighted by Crippen LogP contribution is 2.36. The van der Waals surface area contributed by atoms with E-state index in [0.29, 0.717) is 12.5 Å². The molecular formula is C24H29N3O2. The number of nitrogens with zero attached hydrogens (tertiary/aromatic N) is 2. The molecule has 29 heavy (non-hydrogen) atoms. The van der Waals surface area contributed by atoms with Crippen molar-refractivity contribution in [3.63, 3.8) is 0 Å². The monoisotopic (exact) mass is 391 g/mol. The van der Waals surface area contributed by atoms with E-state index in [1.807, 2.05) is 30.3 Å². The second-order valence-electron chi connectivity index (χ2n) is 7.84. The Kier molecular flexibility index (Phi) is 5.86. The third kappa shape index (κ3) is 4.30. The number of fused-ring (bicyclic) bond motifs is 1. The van der Waals surface area contributed by atoms with Crippen LogP contribution in [0.1, 0.15) is 36.0 Å². The van der Waals surface area contributed by atoms with Gasteiger partial charge >= 0.3 is 6.09 Å². The Morgan fingerprint density at radius 1 is 1.14 bits per heavy atom. The third-order valence-electron chi connectivity index (χ3n) is 5.90. The van der Waals surface area contributed by atoms with E-state index in [4.69, 9.17) is 4.74 Å². The maximum Gasteiger partial charge on any atom is 0.414 e. The molecule has 0 bridgehead atoms. The van der Waals surface area contributed by atoms with Gasteiger partial charge in [-0.15, -0.1) is 0 Å². The Bertz CT molecular complexity index is 875. The molecule has 0 aromatic heterocycles. The van der Waals surface area contributed by atoms with Gasteiger partial charge in [0.1, 0.15) is 6.61 Å². The van der Waals surface area contributed by atoms with Gasteiger partial charge in [-0.3, -0.25) is 4.90 Å². The fourth-order valence-electron chi connectivity index (χ4n) is 4.10. The van der Waals surface area contributed by atoms with Crippen LogP contribution in [0.4, 0.5) is 10.5 Å². The molecule has 1 saturated heterocycles. The average molecular weight is 392 g/mol. The van der Waals surface area contributed by atoms with Gasteiger partial charge < -0.3 is 15.0 Å². The number of hydrogen-bond acceptors (Lipinski definition) is 4. The molecule has 0 saturated carbocycles. The van der Waals surface area contributed by atoms with Crippen LogP contribution < -0.4 is 10.2 Å². The van der Waals surface area contributed by atoms with Crippen LogP contribution >= 0.6 is 0 Å². The van der Waals surface area contributed by atoms with E-state index >= 15 is 0 Å². The zero-order valence-electron chi connectivity index (χ0n) is 17.1. The topological polar surface area (TPSA) is 44.8 Å². The maximum absolute atomic E-state index is 12.9. The van der Waals surface area contributed by atoms with Crippen molar-refractivity contribution < 1.29 is 9.53 Å². The zero-order chi connectivity index (χ0) is 20.2. The van der Waals surface area contributed by atoms with Crippen molar-refractivity contribution in [3.8, 4) is 0 Å². The second-order valence-corrected chi connectivity index (χ2v) is 7.84. The molecule has 2 aliphatic heterocycles. The summed E-state index contributed by atoms with van der Waals surface area (Å²) in [4.78, 5) is 16.9. The zero-order valence-corrected chi connectivity index (χ0v) is 17.1. The lowest BCUT2D eigenvalue weighted by Gasteiger charge is -2.30. The van der Waals surface area contributed by atoms with Gasteiger partial charge in [-0.1, -0.05) is 49.9 Å². The van der Waals surface area contributed by atoms with Gasteiger partial charge in [0.25, 0.3) is 0 Å². The van der Waals surface area contributed by atoms with E-state index in [2.05, 4.69) is 41.9 Å². The maximum atomic E-state index is 12.9. The van der Waals surface area contributed by atoms with Crippen molar-refractivity contribution in [1.82, 2.24) is 10.2 Å². The molecule has 1 N–H and O–H groups in total. The van der Waals surface area contributed by atoms with Gasteiger partial charge in [-0.2, -0.15) is 0 Å². The SMILES string of the molecule is C=C1c2cc(N3CCNCC3)ccc2[C@H](C)CCN1C(=O)OCc1ccccc1. The highest BCUT2D eigenvalue weighted by atomic mass is 16.6. The van der Waals surface area contributed by atoms with Crippen molar-refractivity contribution in [3.05, 3.63) is 71.8 Å². The summed E-state index contributed by atoms with van der Waals surface area (Å²) < 4.78 is 5.60. The largest absolute Gasteiger partial charge is 0.444 e. The molecule has 4 rings (SSSR count). The van der Waals surface area contributed by atoms with Gasteiger partial charge in [-0.25, -0.2) is 4.79 Å². The number of piperazine rings is 1. The standard InChI is InChI=1S/C24H29N3O2/c1-18-10-13-27(24(28)29-17-20-6-4-3-5-7-20)19(2)23-16-21(8-9-22(18)23)26-14-11-25-12-15-26/h3-9,16,18,25H,2,10-15,17H2,1H3/t18-/m1/s1. The summed E-state index contributed by atoms with van der Waals surface area (Å²) in [5.74, 6) is 0.366. The molecule has 0 aliphatic carbocycles. The molecule has 152 valence electrons. The van der Waals surface area contributed by atoms with Gasteiger partial charge in [0.05, 0.1) is 0 Å². The molecule has 0 spiro atoms. The van der Waals surface area contributed by atoms with Crippen molar-refractivity contribution in [2.24, 2.45) is 0 Å². The molecule has 2 aliphatic rings. The molecule has 0 unspecified atom stereocenters. The lowest BCUT2D eigenvalue weighted by atomic mass is 9.93. The number of hydrogen-bond donors (Lipinski definition) is 1. The number of ether oxygens (including phenoxy) is 1.